The van der Waals surface area contributed by atoms with Crippen molar-refractivity contribution in [3.8, 4) is 0 Å². The summed E-state index contributed by atoms with van der Waals surface area (Å²) in [6, 6.07) is 11.1. The van der Waals surface area contributed by atoms with Crippen LogP contribution in [0.5, 0.6) is 0 Å². The fraction of sp³-hybridized carbons (Fsp3) is 0.346. The third-order valence-electron chi connectivity index (χ3n) is 7.21. The van der Waals surface area contributed by atoms with Gasteiger partial charge in [0.15, 0.2) is 0 Å². The Bertz CT molecular complexity index is 1530. The van der Waals surface area contributed by atoms with Crippen LogP contribution in [0, 0.1) is 15.9 Å². The molecular weight excluding hydrogens is 567 g/mol. The number of thiophene rings is 1. The van der Waals surface area contributed by atoms with Crippen LogP contribution in [0.3, 0.4) is 0 Å². The number of fused-ring (bicyclic) bond motifs is 1. The molecule has 0 bridgehead atoms. The lowest BCUT2D eigenvalue weighted by molar-refractivity contribution is -0.384. The second-order valence-corrected chi connectivity index (χ2v) is 13.0. The van der Waals surface area contributed by atoms with Gasteiger partial charge in [-0.2, -0.15) is 4.31 Å². The maximum Gasteiger partial charge on any atom is 0.289 e. The lowest BCUT2D eigenvalue weighted by Crippen LogP contribution is -2.57. The molecule has 2 aromatic carbocycles. The molecule has 0 radical (unpaired) electrons. The number of carbonyl (C=O) groups excluding carboxylic acids is 1. The highest BCUT2D eigenvalue weighted by Crippen LogP contribution is 2.38. The maximum atomic E-state index is 14.1. The molecule has 3 aromatic rings. The van der Waals surface area contributed by atoms with Gasteiger partial charge in [0.1, 0.15) is 10.8 Å². The van der Waals surface area contributed by atoms with Gasteiger partial charge in [-0.15, -0.1) is 11.3 Å². The molecule has 1 aromatic heterocycles. The van der Waals surface area contributed by atoms with Crippen LogP contribution in [0.2, 0.25) is 5.02 Å². The summed E-state index contributed by atoms with van der Waals surface area (Å²) in [5.74, 6) is -0.473. The van der Waals surface area contributed by atoms with E-state index in [1.807, 2.05) is 22.4 Å². The van der Waals surface area contributed by atoms with Gasteiger partial charge in [-0.3, -0.25) is 19.8 Å². The summed E-state index contributed by atoms with van der Waals surface area (Å²) >= 11 is 7.51. The molecule has 5 rings (SSSR count). The highest BCUT2D eigenvalue weighted by molar-refractivity contribution is 7.89. The molecule has 0 saturated carbocycles. The molecule has 2 aliphatic heterocycles. The molecule has 206 valence electrons. The Labute approximate surface area is 234 Å². The normalized spacial score (nSPS) is 20.5. The molecule has 39 heavy (non-hydrogen) atoms. The minimum Gasteiger partial charge on any atom is -0.339 e. The first-order chi connectivity index (χ1) is 18.6. The van der Waals surface area contributed by atoms with E-state index in [1.54, 1.807) is 29.2 Å². The molecular formula is C26H26ClFN4O5S2. The molecule has 9 nitrogen and oxygen atoms in total. The smallest absolute Gasteiger partial charge is 0.289 e. The number of nitro benzene ring substituents is 1. The van der Waals surface area contributed by atoms with Crippen LogP contribution >= 0.6 is 22.9 Å². The number of sulfonamides is 1. The van der Waals surface area contributed by atoms with Crippen LogP contribution in [-0.2, 0) is 21.2 Å². The van der Waals surface area contributed by atoms with E-state index in [0.29, 0.717) is 6.54 Å². The Morgan fingerprint density at radius 3 is 2.69 bits per heavy atom. The second kappa shape index (κ2) is 10.9. The fourth-order valence-electron chi connectivity index (χ4n) is 5.33. The van der Waals surface area contributed by atoms with Gasteiger partial charge >= 0.3 is 0 Å². The van der Waals surface area contributed by atoms with Gasteiger partial charge in [-0.25, -0.2) is 12.8 Å². The molecule has 2 unspecified atom stereocenters. The Morgan fingerprint density at radius 2 is 1.97 bits per heavy atom. The molecule has 13 heteroatoms. The molecule has 0 spiro atoms. The summed E-state index contributed by atoms with van der Waals surface area (Å²) in [6.45, 7) is 2.86. The monoisotopic (exact) mass is 592 g/mol. The number of benzene rings is 2. The van der Waals surface area contributed by atoms with Crippen LogP contribution in [0.1, 0.15) is 29.0 Å². The summed E-state index contributed by atoms with van der Waals surface area (Å²) in [5, 5.41) is 13.1. The summed E-state index contributed by atoms with van der Waals surface area (Å²) in [6.07, 6.45) is 0.793. The Kier molecular flexibility index (Phi) is 7.75. The van der Waals surface area contributed by atoms with Gasteiger partial charge in [-0.1, -0.05) is 23.7 Å². The van der Waals surface area contributed by atoms with Gasteiger partial charge in [0.05, 0.1) is 22.4 Å². The molecule has 0 N–H and O–H groups in total. The number of carbonyl (C=O) groups is 1. The van der Waals surface area contributed by atoms with Crippen LogP contribution < -0.4 is 0 Å². The van der Waals surface area contributed by atoms with Crippen molar-refractivity contribution in [3.63, 3.8) is 0 Å². The topological polar surface area (TPSA) is 104 Å². The number of amides is 1. The summed E-state index contributed by atoms with van der Waals surface area (Å²) in [4.78, 5) is 28.7. The maximum absolute atomic E-state index is 14.1. The zero-order chi connectivity index (χ0) is 27.9. The van der Waals surface area contributed by atoms with Crippen LogP contribution in [0.4, 0.5) is 10.1 Å². The summed E-state index contributed by atoms with van der Waals surface area (Å²) in [5.41, 5.74) is 1.37. The third-order valence-corrected chi connectivity index (χ3v) is 10.5. The van der Waals surface area contributed by atoms with Crippen molar-refractivity contribution >= 4 is 44.6 Å². The second-order valence-electron chi connectivity index (χ2n) is 9.65. The summed E-state index contributed by atoms with van der Waals surface area (Å²) < 4.78 is 42.0. The lowest BCUT2D eigenvalue weighted by Gasteiger charge is -2.41. The first-order valence-corrected chi connectivity index (χ1v) is 15.1. The SMILES string of the molecule is CC1CN(C(=O)CN2CCc3sccc3C2c2cccc(F)c2)CCN1S(=O)(=O)c1ccc(Cl)c([N+](=O)[O-])c1. The van der Waals surface area contributed by atoms with Crippen LogP contribution in [0.25, 0.3) is 0 Å². The largest absolute Gasteiger partial charge is 0.339 e. The van der Waals surface area contributed by atoms with Crippen molar-refractivity contribution in [2.45, 2.75) is 30.3 Å². The third kappa shape index (κ3) is 5.44. The minimum atomic E-state index is -4.05. The van der Waals surface area contributed by atoms with Gasteiger partial charge in [-0.05, 0) is 60.2 Å². The number of piperazine rings is 1. The Morgan fingerprint density at radius 1 is 1.18 bits per heavy atom. The highest BCUT2D eigenvalue weighted by atomic mass is 35.5. The van der Waals surface area contributed by atoms with Gasteiger partial charge < -0.3 is 4.90 Å². The Balaban J connectivity index is 1.31. The van der Waals surface area contributed by atoms with Crippen molar-refractivity contribution in [2.75, 3.05) is 32.7 Å². The lowest BCUT2D eigenvalue weighted by atomic mass is 9.93. The van der Waals surface area contributed by atoms with E-state index in [1.165, 1.54) is 33.4 Å². The van der Waals surface area contributed by atoms with Gasteiger partial charge in [0.2, 0.25) is 15.9 Å². The predicted octanol–water partition coefficient (Wildman–Crippen LogP) is 4.32. The van der Waals surface area contributed by atoms with E-state index in [2.05, 4.69) is 0 Å². The number of halogens is 2. The molecule has 1 saturated heterocycles. The van der Waals surface area contributed by atoms with Crippen molar-refractivity contribution < 1.29 is 22.5 Å². The fourth-order valence-corrected chi connectivity index (χ4v) is 8.06. The summed E-state index contributed by atoms with van der Waals surface area (Å²) in [7, 11) is -4.05. The average Bonchev–Trinajstić information content (AvgIpc) is 3.37. The molecule has 0 aliphatic carbocycles. The van der Waals surface area contributed by atoms with E-state index >= 15 is 0 Å². The van der Waals surface area contributed by atoms with Gasteiger partial charge in [0, 0.05) is 43.2 Å². The van der Waals surface area contributed by atoms with Gasteiger partial charge in [0.25, 0.3) is 5.69 Å². The van der Waals surface area contributed by atoms with Crippen molar-refractivity contribution in [1.29, 1.82) is 0 Å². The quantitative estimate of drug-likeness (QED) is 0.312. The van der Waals surface area contributed by atoms with Crippen molar-refractivity contribution in [2.24, 2.45) is 0 Å². The minimum absolute atomic E-state index is 0.0493. The number of nitro groups is 1. The standard InChI is InChI=1S/C26H26ClFN4O5S2/c1-17-15-29(10-11-31(17)39(36,37)20-5-6-22(27)23(14-20)32(34)35)25(33)16-30-9-7-24-21(8-12-38-24)26(30)18-3-2-4-19(28)13-18/h2-6,8,12-14,17,26H,7,9-11,15-16H2,1H3. The average molecular weight is 593 g/mol. The zero-order valence-corrected chi connectivity index (χ0v) is 23.4. The van der Waals surface area contributed by atoms with Crippen molar-refractivity contribution in [3.05, 3.63) is 90.9 Å². The Hall–Kier alpha value is -2.90. The molecule has 2 aliphatic rings. The van der Waals surface area contributed by atoms with E-state index in [0.717, 1.165) is 23.6 Å². The predicted molar refractivity (Wildman–Crippen MR) is 146 cm³/mol. The first-order valence-electron chi connectivity index (χ1n) is 12.4. The number of rotatable bonds is 6. The van der Waals surface area contributed by atoms with Crippen LogP contribution in [0.15, 0.2) is 58.8 Å². The van der Waals surface area contributed by atoms with E-state index in [4.69, 9.17) is 11.6 Å². The molecule has 1 amide bonds. The van der Waals surface area contributed by atoms with Crippen LogP contribution in [-0.4, -0.2) is 72.1 Å². The molecule has 3 heterocycles. The number of nitrogens with zero attached hydrogens (tertiary/aromatic N) is 4. The van der Waals surface area contributed by atoms with E-state index in [-0.39, 0.29) is 53.9 Å². The number of hydrogen-bond donors (Lipinski definition) is 0. The first kappa shape index (κ1) is 27.7. The molecule has 1 fully saturated rings. The van der Waals surface area contributed by atoms with E-state index in [9.17, 15) is 27.7 Å². The van der Waals surface area contributed by atoms with E-state index < -0.39 is 26.7 Å². The number of hydrogen-bond acceptors (Lipinski definition) is 7. The highest BCUT2D eigenvalue weighted by Gasteiger charge is 2.38. The zero-order valence-electron chi connectivity index (χ0n) is 21.0. The van der Waals surface area contributed by atoms with Crippen molar-refractivity contribution in [1.82, 2.24) is 14.1 Å². The molecule has 2 atom stereocenters.